The molecule has 0 atom stereocenters. The van der Waals surface area contributed by atoms with Crippen molar-refractivity contribution in [2.45, 2.75) is 5.22 Å². The van der Waals surface area contributed by atoms with Crippen molar-refractivity contribution in [2.24, 2.45) is 0 Å². The maximum Gasteiger partial charge on any atom is 0.323 e. The maximum atomic E-state index is 12.1. The summed E-state index contributed by atoms with van der Waals surface area (Å²) in [6.45, 7) is 0. The quantitative estimate of drug-likeness (QED) is 0.442. The molecule has 0 bridgehead atoms. The zero-order valence-corrected chi connectivity index (χ0v) is 15.2. The first-order chi connectivity index (χ1) is 13.1. The first-order valence-electron chi connectivity index (χ1n) is 7.81. The average molecular weight is 402 g/mol. The fourth-order valence-electron chi connectivity index (χ4n) is 2.41. The normalized spacial score (nSPS) is 11.0. The fourth-order valence-corrected chi connectivity index (χ4v) is 3.10. The van der Waals surface area contributed by atoms with Crippen LogP contribution in [0.1, 0.15) is 0 Å². The molecule has 4 rings (SSSR count). The van der Waals surface area contributed by atoms with Gasteiger partial charge < -0.3 is 19.7 Å². The lowest BCUT2D eigenvalue weighted by atomic mass is 10.2. The Morgan fingerprint density at radius 2 is 1.89 bits per heavy atom. The number of carbonyl (C=O) groups excluding carboxylic acids is 1. The van der Waals surface area contributed by atoms with E-state index in [4.69, 9.17) is 16.0 Å². The number of aromatic nitrogens is 4. The van der Waals surface area contributed by atoms with E-state index < -0.39 is 0 Å². The van der Waals surface area contributed by atoms with Crippen LogP contribution in [-0.2, 0) is 4.79 Å². The van der Waals surface area contributed by atoms with Gasteiger partial charge in [0.25, 0.3) is 5.22 Å². The summed E-state index contributed by atoms with van der Waals surface area (Å²) in [5, 5.41) is 11.6. The van der Waals surface area contributed by atoms with Gasteiger partial charge in [-0.15, -0.1) is 10.2 Å². The number of amides is 1. The highest BCUT2D eigenvalue weighted by atomic mass is 35.5. The number of halogens is 1. The molecule has 0 saturated carbocycles. The average Bonchev–Trinajstić information content (AvgIpc) is 3.26. The number of thioether (sulfide) groups is 1. The van der Waals surface area contributed by atoms with Crippen LogP contribution in [0.15, 0.2) is 56.9 Å². The van der Waals surface area contributed by atoms with Crippen molar-refractivity contribution in [3.63, 3.8) is 0 Å². The van der Waals surface area contributed by atoms with Gasteiger partial charge in [-0.1, -0.05) is 23.4 Å². The molecule has 0 fully saturated rings. The zero-order valence-electron chi connectivity index (χ0n) is 13.7. The molecule has 1 amide bonds. The van der Waals surface area contributed by atoms with Crippen molar-refractivity contribution in [2.75, 3.05) is 11.1 Å². The summed E-state index contributed by atoms with van der Waals surface area (Å²) in [6, 6.07) is 12.1. The molecule has 0 radical (unpaired) electrons. The molecule has 0 aliphatic rings. The standard InChI is InChI=1S/C17H12ClN5O3S/c18-10-3-1-9(2-4-10)15-22-23-17(26-15)27-8-14(24)19-11-5-6-12-13(7-11)21-16(25)20-12/h1-7H,8H2,(H,19,24)(H2,20,21,25). The lowest BCUT2D eigenvalue weighted by Crippen LogP contribution is -2.13. The maximum absolute atomic E-state index is 12.1. The number of aromatic amines is 2. The SMILES string of the molecule is O=C(CSc1nnc(-c2ccc(Cl)cc2)o1)Nc1ccc2[nH]c(=O)[nH]c2c1. The number of hydrogen-bond donors (Lipinski definition) is 3. The van der Waals surface area contributed by atoms with Crippen LogP contribution in [0.5, 0.6) is 0 Å². The summed E-state index contributed by atoms with van der Waals surface area (Å²) >= 11 is 6.99. The van der Waals surface area contributed by atoms with E-state index in [2.05, 4.69) is 25.5 Å². The van der Waals surface area contributed by atoms with Crippen LogP contribution in [0.3, 0.4) is 0 Å². The van der Waals surface area contributed by atoms with Crippen molar-refractivity contribution >= 4 is 46.0 Å². The lowest BCUT2D eigenvalue weighted by Gasteiger charge is -2.03. The Bertz CT molecular complexity index is 1170. The minimum Gasteiger partial charge on any atom is -0.411 e. The highest BCUT2D eigenvalue weighted by molar-refractivity contribution is 7.99. The topological polar surface area (TPSA) is 117 Å². The minimum atomic E-state index is -0.295. The van der Waals surface area contributed by atoms with Gasteiger partial charge >= 0.3 is 5.69 Å². The Hall–Kier alpha value is -3.04. The van der Waals surface area contributed by atoms with E-state index in [9.17, 15) is 9.59 Å². The number of benzene rings is 2. The lowest BCUT2D eigenvalue weighted by molar-refractivity contribution is -0.113. The van der Waals surface area contributed by atoms with Crippen LogP contribution in [0.4, 0.5) is 5.69 Å². The van der Waals surface area contributed by atoms with Crippen LogP contribution in [0.2, 0.25) is 5.02 Å². The first kappa shape index (κ1) is 17.4. The van der Waals surface area contributed by atoms with E-state index in [-0.39, 0.29) is 17.3 Å². The van der Waals surface area contributed by atoms with E-state index in [0.29, 0.717) is 32.9 Å². The van der Waals surface area contributed by atoms with Crippen molar-refractivity contribution in [1.29, 1.82) is 0 Å². The molecular formula is C17H12ClN5O3S. The molecule has 0 saturated heterocycles. The Balaban J connectivity index is 1.37. The van der Waals surface area contributed by atoms with Crippen LogP contribution in [0, 0.1) is 0 Å². The van der Waals surface area contributed by atoms with E-state index >= 15 is 0 Å². The third kappa shape index (κ3) is 4.04. The summed E-state index contributed by atoms with van der Waals surface area (Å²) in [6.07, 6.45) is 0. The third-order valence-electron chi connectivity index (χ3n) is 3.62. The van der Waals surface area contributed by atoms with Crippen LogP contribution >= 0.6 is 23.4 Å². The summed E-state index contributed by atoms with van der Waals surface area (Å²) in [5.41, 5.74) is 2.33. The molecule has 0 unspecified atom stereocenters. The predicted molar refractivity (Wildman–Crippen MR) is 103 cm³/mol. The van der Waals surface area contributed by atoms with Gasteiger partial charge in [0.1, 0.15) is 0 Å². The molecule has 2 aromatic heterocycles. The number of rotatable bonds is 5. The van der Waals surface area contributed by atoms with Gasteiger partial charge in [0.15, 0.2) is 0 Å². The molecule has 10 heteroatoms. The summed E-state index contributed by atoms with van der Waals surface area (Å²) < 4.78 is 5.54. The minimum absolute atomic E-state index is 0.101. The Morgan fingerprint density at radius 1 is 1.11 bits per heavy atom. The first-order valence-corrected chi connectivity index (χ1v) is 9.17. The van der Waals surface area contributed by atoms with E-state index in [0.717, 1.165) is 17.3 Å². The summed E-state index contributed by atoms with van der Waals surface area (Å²) in [4.78, 5) is 28.7. The van der Waals surface area contributed by atoms with Crippen molar-refractivity contribution in [3.05, 3.63) is 58.0 Å². The number of nitrogens with one attached hydrogen (secondary N) is 3. The van der Waals surface area contributed by atoms with Crippen LogP contribution in [-0.4, -0.2) is 31.8 Å². The highest BCUT2D eigenvalue weighted by Crippen LogP contribution is 2.24. The number of H-pyrrole nitrogens is 2. The second kappa shape index (κ2) is 7.29. The van der Waals surface area contributed by atoms with Crippen LogP contribution in [0.25, 0.3) is 22.5 Å². The molecule has 136 valence electrons. The second-order valence-electron chi connectivity index (χ2n) is 5.56. The van der Waals surface area contributed by atoms with Crippen molar-refractivity contribution in [1.82, 2.24) is 20.2 Å². The monoisotopic (exact) mass is 401 g/mol. The van der Waals surface area contributed by atoms with Gasteiger partial charge in [0, 0.05) is 16.3 Å². The second-order valence-corrected chi connectivity index (χ2v) is 6.92. The number of imidazole rings is 1. The van der Waals surface area contributed by atoms with E-state index in [1.54, 1.807) is 42.5 Å². The number of nitrogens with zero attached hydrogens (tertiary/aromatic N) is 2. The van der Waals surface area contributed by atoms with Gasteiger partial charge in [0.2, 0.25) is 11.8 Å². The molecule has 8 nitrogen and oxygen atoms in total. The number of hydrogen-bond acceptors (Lipinski definition) is 6. The molecule has 0 aliphatic carbocycles. The Morgan fingerprint density at radius 3 is 2.70 bits per heavy atom. The number of anilines is 1. The van der Waals surface area contributed by atoms with Gasteiger partial charge in [-0.2, -0.15) is 0 Å². The predicted octanol–water partition coefficient (Wildman–Crippen LogP) is 3.29. The van der Waals surface area contributed by atoms with Crippen LogP contribution < -0.4 is 11.0 Å². The van der Waals surface area contributed by atoms with Gasteiger partial charge in [-0.3, -0.25) is 4.79 Å². The molecule has 3 N–H and O–H groups in total. The zero-order chi connectivity index (χ0) is 18.8. The highest BCUT2D eigenvalue weighted by Gasteiger charge is 2.12. The summed E-state index contributed by atoms with van der Waals surface area (Å²) in [5.74, 6) is 0.226. The Labute approximate surface area is 161 Å². The molecule has 4 aromatic rings. The Kier molecular flexibility index (Phi) is 4.69. The molecule has 2 heterocycles. The van der Waals surface area contributed by atoms with Gasteiger partial charge in [-0.05, 0) is 42.5 Å². The van der Waals surface area contributed by atoms with Gasteiger partial charge in [-0.25, -0.2) is 4.79 Å². The molecule has 0 aliphatic heterocycles. The van der Waals surface area contributed by atoms with Crippen molar-refractivity contribution in [3.8, 4) is 11.5 Å². The van der Waals surface area contributed by atoms with Gasteiger partial charge in [0.05, 0.1) is 16.8 Å². The van der Waals surface area contributed by atoms with E-state index in [1.165, 1.54) is 0 Å². The molecule has 0 spiro atoms. The largest absolute Gasteiger partial charge is 0.411 e. The summed E-state index contributed by atoms with van der Waals surface area (Å²) in [7, 11) is 0. The fraction of sp³-hybridized carbons (Fsp3) is 0.0588. The number of fused-ring (bicyclic) bond motifs is 1. The van der Waals surface area contributed by atoms with E-state index in [1.807, 2.05) is 0 Å². The molecule has 2 aromatic carbocycles. The third-order valence-corrected chi connectivity index (χ3v) is 4.69. The van der Waals surface area contributed by atoms with Crippen molar-refractivity contribution < 1.29 is 9.21 Å². The molecule has 27 heavy (non-hydrogen) atoms. The molecular weight excluding hydrogens is 390 g/mol. The number of carbonyl (C=O) groups is 1. The smallest absolute Gasteiger partial charge is 0.323 e.